The lowest BCUT2D eigenvalue weighted by atomic mass is 9.96. The molecule has 1 aliphatic rings. The molecule has 1 fully saturated rings. The summed E-state index contributed by atoms with van der Waals surface area (Å²) in [6.07, 6.45) is 4.20. The number of nitrogens with one attached hydrogen (secondary N) is 1. The first-order chi connectivity index (χ1) is 11.7. The van der Waals surface area contributed by atoms with Gasteiger partial charge in [0.2, 0.25) is 5.91 Å². The number of nitrogens with zero attached hydrogens (tertiary/aromatic N) is 2. The molecule has 3 rings (SSSR count). The van der Waals surface area contributed by atoms with Gasteiger partial charge in [-0.1, -0.05) is 18.2 Å². The molecule has 24 heavy (non-hydrogen) atoms. The van der Waals surface area contributed by atoms with E-state index in [2.05, 4.69) is 15.2 Å². The molecule has 0 saturated carbocycles. The number of thiazole rings is 1. The standard InChI is InChI=1S/C18H22FN3OS/c19-17-4-2-1-3-14(17)5-8-21-18(23)15-6-9-22(10-7-15)12-16-11-20-13-24-16/h1-4,11,13,15H,5-10,12H2,(H,21,23). The smallest absolute Gasteiger partial charge is 0.223 e. The van der Waals surface area contributed by atoms with Crippen molar-refractivity contribution in [3.8, 4) is 0 Å². The van der Waals surface area contributed by atoms with E-state index in [1.165, 1.54) is 10.9 Å². The van der Waals surface area contributed by atoms with Crippen LogP contribution in [0.3, 0.4) is 0 Å². The number of likely N-dealkylation sites (tertiary alicyclic amines) is 1. The minimum absolute atomic E-state index is 0.0725. The number of carbonyl (C=O) groups excluding carboxylic acids is 1. The van der Waals surface area contributed by atoms with E-state index in [1.54, 1.807) is 23.5 Å². The summed E-state index contributed by atoms with van der Waals surface area (Å²) in [5.74, 6) is -0.0322. The quantitative estimate of drug-likeness (QED) is 0.874. The molecule has 0 aliphatic carbocycles. The van der Waals surface area contributed by atoms with Gasteiger partial charge in [-0.25, -0.2) is 4.39 Å². The number of piperidine rings is 1. The molecule has 0 bridgehead atoms. The lowest BCUT2D eigenvalue weighted by molar-refractivity contribution is -0.126. The molecule has 0 spiro atoms. The first-order valence-corrected chi connectivity index (χ1v) is 9.21. The summed E-state index contributed by atoms with van der Waals surface area (Å²) < 4.78 is 13.5. The van der Waals surface area contributed by atoms with Crippen LogP contribution in [0, 0.1) is 11.7 Å². The second-order valence-corrected chi connectivity index (χ2v) is 7.12. The van der Waals surface area contributed by atoms with Crippen LogP contribution in [-0.4, -0.2) is 35.4 Å². The molecule has 1 N–H and O–H groups in total. The van der Waals surface area contributed by atoms with Crippen molar-refractivity contribution in [2.24, 2.45) is 5.92 Å². The van der Waals surface area contributed by atoms with E-state index in [1.807, 2.05) is 17.8 Å². The Balaban J connectivity index is 1.38. The van der Waals surface area contributed by atoms with E-state index in [-0.39, 0.29) is 17.6 Å². The maximum Gasteiger partial charge on any atom is 0.223 e. The number of hydrogen-bond acceptors (Lipinski definition) is 4. The van der Waals surface area contributed by atoms with Gasteiger partial charge in [0, 0.05) is 30.1 Å². The Labute approximate surface area is 145 Å². The van der Waals surface area contributed by atoms with Gasteiger partial charge in [0.05, 0.1) is 5.51 Å². The molecule has 0 unspecified atom stereocenters. The van der Waals surface area contributed by atoms with Crippen molar-refractivity contribution in [2.75, 3.05) is 19.6 Å². The average Bonchev–Trinajstić information content (AvgIpc) is 3.10. The van der Waals surface area contributed by atoms with E-state index < -0.39 is 0 Å². The molecule has 0 radical (unpaired) electrons. The summed E-state index contributed by atoms with van der Waals surface area (Å²) in [5, 5.41) is 2.96. The number of rotatable bonds is 6. The normalized spacial score (nSPS) is 16.2. The number of hydrogen-bond donors (Lipinski definition) is 1. The van der Waals surface area contributed by atoms with Crippen LogP contribution in [0.4, 0.5) is 4.39 Å². The number of aromatic nitrogens is 1. The van der Waals surface area contributed by atoms with Crippen molar-refractivity contribution in [1.82, 2.24) is 15.2 Å². The average molecular weight is 347 g/mol. The molecule has 1 aromatic heterocycles. The van der Waals surface area contributed by atoms with Gasteiger partial charge in [0.15, 0.2) is 0 Å². The summed E-state index contributed by atoms with van der Waals surface area (Å²) in [5.41, 5.74) is 2.50. The van der Waals surface area contributed by atoms with E-state index in [0.29, 0.717) is 18.5 Å². The lowest BCUT2D eigenvalue weighted by Gasteiger charge is -2.30. The highest BCUT2D eigenvalue weighted by molar-refractivity contribution is 7.09. The van der Waals surface area contributed by atoms with Crippen LogP contribution in [0.2, 0.25) is 0 Å². The maximum absolute atomic E-state index is 13.5. The monoisotopic (exact) mass is 347 g/mol. The topological polar surface area (TPSA) is 45.2 Å². The first kappa shape index (κ1) is 17.0. The maximum atomic E-state index is 13.5. The van der Waals surface area contributed by atoms with Gasteiger partial charge in [-0.2, -0.15) is 0 Å². The number of halogens is 1. The van der Waals surface area contributed by atoms with E-state index in [4.69, 9.17) is 0 Å². The van der Waals surface area contributed by atoms with Gasteiger partial charge in [-0.3, -0.25) is 14.7 Å². The third-order valence-corrected chi connectivity index (χ3v) is 5.24. The Morgan fingerprint density at radius 3 is 2.83 bits per heavy atom. The fourth-order valence-corrected chi connectivity index (χ4v) is 3.70. The molecule has 6 heteroatoms. The van der Waals surface area contributed by atoms with Crippen molar-refractivity contribution >= 4 is 17.2 Å². The van der Waals surface area contributed by atoms with E-state index in [0.717, 1.165) is 32.5 Å². The fraction of sp³-hybridized carbons (Fsp3) is 0.444. The van der Waals surface area contributed by atoms with Crippen molar-refractivity contribution in [2.45, 2.75) is 25.8 Å². The van der Waals surface area contributed by atoms with Gasteiger partial charge < -0.3 is 5.32 Å². The van der Waals surface area contributed by atoms with Gasteiger partial charge in [0.1, 0.15) is 5.82 Å². The Bertz CT molecular complexity index is 654. The van der Waals surface area contributed by atoms with Crippen LogP contribution in [0.15, 0.2) is 36.0 Å². The molecule has 1 amide bonds. The van der Waals surface area contributed by atoms with Crippen molar-refractivity contribution in [3.63, 3.8) is 0 Å². The van der Waals surface area contributed by atoms with E-state index >= 15 is 0 Å². The largest absolute Gasteiger partial charge is 0.356 e. The number of amides is 1. The van der Waals surface area contributed by atoms with E-state index in [9.17, 15) is 9.18 Å². The van der Waals surface area contributed by atoms with Crippen LogP contribution < -0.4 is 5.32 Å². The van der Waals surface area contributed by atoms with Crippen LogP contribution in [0.5, 0.6) is 0 Å². The summed E-state index contributed by atoms with van der Waals surface area (Å²) in [7, 11) is 0. The van der Waals surface area contributed by atoms with Gasteiger partial charge in [-0.15, -0.1) is 11.3 Å². The third-order valence-electron chi connectivity index (χ3n) is 4.47. The molecule has 1 saturated heterocycles. The van der Waals surface area contributed by atoms with Crippen LogP contribution in [0.25, 0.3) is 0 Å². The predicted octanol–water partition coefficient (Wildman–Crippen LogP) is 2.85. The minimum Gasteiger partial charge on any atom is -0.356 e. The highest BCUT2D eigenvalue weighted by Crippen LogP contribution is 2.20. The zero-order valence-electron chi connectivity index (χ0n) is 13.6. The SMILES string of the molecule is O=C(NCCc1ccccc1F)C1CCN(Cc2cncs2)CC1. The van der Waals surface area contributed by atoms with Gasteiger partial charge >= 0.3 is 0 Å². The Hall–Kier alpha value is -1.79. The van der Waals surface area contributed by atoms with Crippen LogP contribution >= 0.6 is 11.3 Å². The third kappa shape index (κ3) is 4.61. The minimum atomic E-state index is -0.205. The molecule has 0 atom stereocenters. The van der Waals surface area contributed by atoms with Crippen molar-refractivity contribution < 1.29 is 9.18 Å². The Morgan fingerprint density at radius 2 is 2.12 bits per heavy atom. The molecule has 1 aliphatic heterocycles. The summed E-state index contributed by atoms with van der Waals surface area (Å²) in [6, 6.07) is 6.71. The highest BCUT2D eigenvalue weighted by Gasteiger charge is 2.24. The zero-order chi connectivity index (χ0) is 16.8. The highest BCUT2D eigenvalue weighted by atomic mass is 32.1. The molecular weight excluding hydrogens is 325 g/mol. The summed E-state index contributed by atoms with van der Waals surface area (Å²) in [4.78, 5) is 20.0. The lowest BCUT2D eigenvalue weighted by Crippen LogP contribution is -2.40. The van der Waals surface area contributed by atoms with Crippen LogP contribution in [0.1, 0.15) is 23.3 Å². The van der Waals surface area contributed by atoms with Gasteiger partial charge in [0.25, 0.3) is 0 Å². The molecule has 2 aromatic rings. The second-order valence-electron chi connectivity index (χ2n) is 6.15. The number of benzene rings is 1. The van der Waals surface area contributed by atoms with Gasteiger partial charge in [-0.05, 0) is 44.0 Å². The molecule has 128 valence electrons. The molecule has 1 aromatic carbocycles. The summed E-state index contributed by atoms with van der Waals surface area (Å²) in [6.45, 7) is 3.28. The molecule has 4 nitrogen and oxygen atoms in total. The van der Waals surface area contributed by atoms with Crippen LogP contribution in [-0.2, 0) is 17.8 Å². The fourth-order valence-electron chi connectivity index (χ4n) is 3.06. The first-order valence-electron chi connectivity index (χ1n) is 8.33. The Kier molecular flexibility index (Phi) is 5.93. The second kappa shape index (κ2) is 8.35. The van der Waals surface area contributed by atoms with Crippen molar-refractivity contribution in [3.05, 3.63) is 52.2 Å². The molecule has 2 heterocycles. The molecular formula is C18H22FN3OS. The number of carbonyl (C=O) groups is 1. The predicted molar refractivity (Wildman–Crippen MR) is 93.2 cm³/mol. The zero-order valence-corrected chi connectivity index (χ0v) is 14.4. The summed E-state index contributed by atoms with van der Waals surface area (Å²) >= 11 is 1.67. The van der Waals surface area contributed by atoms with Crippen molar-refractivity contribution in [1.29, 1.82) is 0 Å². The Morgan fingerprint density at radius 1 is 1.33 bits per heavy atom.